The summed E-state index contributed by atoms with van der Waals surface area (Å²) in [6.45, 7) is 11.0. The molecule has 0 bridgehead atoms. The van der Waals surface area contributed by atoms with Crippen LogP contribution in [0.3, 0.4) is 0 Å². The molecule has 0 heterocycles. The summed E-state index contributed by atoms with van der Waals surface area (Å²) in [6.07, 6.45) is 1.59. The molecule has 2 N–H and O–H groups in total. The van der Waals surface area contributed by atoms with Crippen molar-refractivity contribution in [2.45, 2.75) is 33.7 Å². The van der Waals surface area contributed by atoms with E-state index in [1.54, 1.807) is 33.8 Å². The summed E-state index contributed by atoms with van der Waals surface area (Å²) in [4.78, 5) is 22.9. The van der Waals surface area contributed by atoms with E-state index in [9.17, 15) is 9.59 Å². The Kier molecular flexibility index (Phi) is 5.05. The number of amides is 2. The van der Waals surface area contributed by atoms with Crippen molar-refractivity contribution in [1.82, 2.24) is 10.6 Å². The highest BCUT2D eigenvalue weighted by Crippen LogP contribution is 2.12. The molecule has 1 unspecified atom stereocenters. The third kappa shape index (κ3) is 5.20. The Morgan fingerprint density at radius 3 is 2.33 bits per heavy atom. The van der Waals surface area contributed by atoms with E-state index in [0.717, 1.165) is 0 Å². The molecule has 0 rings (SSSR count). The molecule has 4 heteroatoms. The second kappa shape index (κ2) is 5.53. The predicted molar refractivity (Wildman–Crippen MR) is 60.3 cm³/mol. The van der Waals surface area contributed by atoms with Crippen LogP contribution in [-0.2, 0) is 9.59 Å². The number of rotatable bonds is 4. The van der Waals surface area contributed by atoms with Crippen LogP contribution in [0.15, 0.2) is 12.7 Å². The first kappa shape index (κ1) is 13.7. The maximum Gasteiger partial charge on any atom is 0.242 e. The Balaban J connectivity index is 4.13. The summed E-state index contributed by atoms with van der Waals surface area (Å²) >= 11 is 0. The topological polar surface area (TPSA) is 58.2 Å². The average molecular weight is 212 g/mol. The van der Waals surface area contributed by atoms with Crippen molar-refractivity contribution < 1.29 is 9.59 Å². The van der Waals surface area contributed by atoms with Gasteiger partial charge >= 0.3 is 0 Å². The van der Waals surface area contributed by atoms with E-state index in [-0.39, 0.29) is 11.8 Å². The van der Waals surface area contributed by atoms with Crippen LogP contribution in [0.2, 0.25) is 0 Å². The summed E-state index contributed by atoms with van der Waals surface area (Å²) in [5.74, 6) is -0.337. The molecular formula is C11H20N2O2. The molecule has 86 valence electrons. The van der Waals surface area contributed by atoms with E-state index in [1.807, 2.05) is 0 Å². The van der Waals surface area contributed by atoms with Gasteiger partial charge in [-0.15, -0.1) is 6.58 Å². The van der Waals surface area contributed by atoms with Crippen LogP contribution in [0.25, 0.3) is 0 Å². The normalized spacial score (nSPS) is 12.8. The second-order valence-electron chi connectivity index (χ2n) is 4.48. The van der Waals surface area contributed by atoms with E-state index in [0.29, 0.717) is 6.54 Å². The summed E-state index contributed by atoms with van der Waals surface area (Å²) < 4.78 is 0. The van der Waals surface area contributed by atoms with Gasteiger partial charge in [-0.05, 0) is 6.92 Å². The fraction of sp³-hybridized carbons (Fsp3) is 0.636. The molecular weight excluding hydrogens is 192 g/mol. The van der Waals surface area contributed by atoms with Gasteiger partial charge in [0.25, 0.3) is 0 Å². The lowest BCUT2D eigenvalue weighted by molar-refractivity contribution is -0.133. The van der Waals surface area contributed by atoms with Gasteiger partial charge in [-0.2, -0.15) is 0 Å². The lowest BCUT2D eigenvalue weighted by atomic mass is 9.95. The Morgan fingerprint density at radius 1 is 1.40 bits per heavy atom. The van der Waals surface area contributed by atoms with Gasteiger partial charge in [0.2, 0.25) is 11.8 Å². The molecule has 0 aromatic carbocycles. The van der Waals surface area contributed by atoms with Gasteiger partial charge in [-0.25, -0.2) is 0 Å². The van der Waals surface area contributed by atoms with Crippen molar-refractivity contribution in [2.24, 2.45) is 5.41 Å². The van der Waals surface area contributed by atoms with Gasteiger partial charge in [-0.1, -0.05) is 26.8 Å². The lowest BCUT2D eigenvalue weighted by Gasteiger charge is -2.21. The van der Waals surface area contributed by atoms with Crippen LogP contribution < -0.4 is 10.6 Å². The highest BCUT2D eigenvalue weighted by atomic mass is 16.2. The number of carbonyl (C=O) groups is 2. The molecule has 1 atom stereocenters. The molecule has 0 aromatic heterocycles. The first-order valence-corrected chi connectivity index (χ1v) is 4.98. The minimum Gasteiger partial charge on any atom is -0.351 e. The van der Waals surface area contributed by atoms with Gasteiger partial charge in [0.1, 0.15) is 6.04 Å². The highest BCUT2D eigenvalue weighted by Gasteiger charge is 2.24. The summed E-state index contributed by atoms with van der Waals surface area (Å²) in [5, 5.41) is 5.26. The number of hydrogen-bond donors (Lipinski definition) is 2. The molecule has 4 nitrogen and oxygen atoms in total. The molecule has 0 aromatic rings. The number of nitrogens with one attached hydrogen (secondary N) is 2. The Labute approximate surface area is 91.1 Å². The van der Waals surface area contributed by atoms with Gasteiger partial charge in [0.05, 0.1) is 0 Å². The van der Waals surface area contributed by atoms with Gasteiger partial charge in [-0.3, -0.25) is 9.59 Å². The van der Waals surface area contributed by atoms with Crippen molar-refractivity contribution in [1.29, 1.82) is 0 Å². The van der Waals surface area contributed by atoms with Crippen LogP contribution in [0.4, 0.5) is 0 Å². The molecule has 0 spiro atoms. The van der Waals surface area contributed by atoms with E-state index in [4.69, 9.17) is 0 Å². The fourth-order valence-corrected chi connectivity index (χ4v) is 0.805. The third-order valence-electron chi connectivity index (χ3n) is 1.84. The zero-order valence-electron chi connectivity index (χ0n) is 9.89. The molecule has 0 aliphatic carbocycles. The zero-order valence-corrected chi connectivity index (χ0v) is 9.89. The summed E-state index contributed by atoms with van der Waals surface area (Å²) in [5.41, 5.74) is -0.479. The molecule has 0 saturated carbocycles. The van der Waals surface area contributed by atoms with E-state index < -0.39 is 11.5 Å². The van der Waals surface area contributed by atoms with Crippen LogP contribution >= 0.6 is 0 Å². The SMILES string of the molecule is C=CCNC(=O)C(C)NC(=O)C(C)(C)C. The quantitative estimate of drug-likeness (QED) is 0.678. The zero-order chi connectivity index (χ0) is 12.1. The minimum atomic E-state index is -0.517. The van der Waals surface area contributed by atoms with E-state index in [2.05, 4.69) is 17.2 Å². The number of hydrogen-bond acceptors (Lipinski definition) is 2. The average Bonchev–Trinajstić information content (AvgIpc) is 2.12. The molecule has 0 aliphatic rings. The third-order valence-corrected chi connectivity index (χ3v) is 1.84. The maximum atomic E-state index is 11.5. The Morgan fingerprint density at radius 2 is 1.93 bits per heavy atom. The van der Waals surface area contributed by atoms with Gasteiger partial charge in [0, 0.05) is 12.0 Å². The van der Waals surface area contributed by atoms with Crippen molar-refractivity contribution in [2.75, 3.05) is 6.54 Å². The van der Waals surface area contributed by atoms with Crippen LogP contribution in [0.1, 0.15) is 27.7 Å². The molecule has 15 heavy (non-hydrogen) atoms. The molecule has 0 fully saturated rings. The molecule has 2 amide bonds. The standard InChI is InChI=1S/C11H20N2O2/c1-6-7-12-9(14)8(2)13-10(15)11(3,4)5/h6,8H,1,7H2,2-5H3,(H,12,14)(H,13,15). The van der Waals surface area contributed by atoms with Crippen molar-refractivity contribution >= 4 is 11.8 Å². The van der Waals surface area contributed by atoms with Gasteiger partial charge in [0.15, 0.2) is 0 Å². The lowest BCUT2D eigenvalue weighted by Crippen LogP contribution is -2.48. The second-order valence-corrected chi connectivity index (χ2v) is 4.48. The Hall–Kier alpha value is -1.32. The minimum absolute atomic E-state index is 0.135. The first-order valence-electron chi connectivity index (χ1n) is 4.98. The fourth-order valence-electron chi connectivity index (χ4n) is 0.805. The van der Waals surface area contributed by atoms with Gasteiger partial charge < -0.3 is 10.6 Å². The van der Waals surface area contributed by atoms with Crippen molar-refractivity contribution in [3.8, 4) is 0 Å². The maximum absolute atomic E-state index is 11.5. The highest BCUT2D eigenvalue weighted by molar-refractivity contribution is 5.89. The molecule has 0 aliphatic heterocycles. The van der Waals surface area contributed by atoms with Crippen LogP contribution in [-0.4, -0.2) is 24.4 Å². The largest absolute Gasteiger partial charge is 0.351 e. The smallest absolute Gasteiger partial charge is 0.242 e. The van der Waals surface area contributed by atoms with Crippen molar-refractivity contribution in [3.05, 3.63) is 12.7 Å². The molecule has 0 radical (unpaired) electrons. The summed E-state index contributed by atoms with van der Waals surface area (Å²) in [6, 6.07) is -0.517. The first-order chi connectivity index (χ1) is 6.79. The number of carbonyl (C=O) groups excluding carboxylic acids is 2. The Bertz CT molecular complexity index is 254. The van der Waals surface area contributed by atoms with E-state index in [1.165, 1.54) is 0 Å². The summed E-state index contributed by atoms with van der Waals surface area (Å²) in [7, 11) is 0. The monoisotopic (exact) mass is 212 g/mol. The molecule has 0 saturated heterocycles. The van der Waals surface area contributed by atoms with Crippen LogP contribution in [0.5, 0.6) is 0 Å². The van der Waals surface area contributed by atoms with Crippen molar-refractivity contribution in [3.63, 3.8) is 0 Å². The predicted octanol–water partition coefficient (Wildman–Crippen LogP) is 0.839. The van der Waals surface area contributed by atoms with E-state index >= 15 is 0 Å². The van der Waals surface area contributed by atoms with Crippen LogP contribution in [0, 0.1) is 5.41 Å².